The molecule has 0 amide bonds. The summed E-state index contributed by atoms with van der Waals surface area (Å²) < 4.78 is 0. The lowest BCUT2D eigenvalue weighted by Crippen LogP contribution is -1.55. The maximum Gasteiger partial charge on any atom is 0.0405 e. The van der Waals surface area contributed by atoms with Crippen molar-refractivity contribution < 1.29 is 0 Å². The molecule has 0 saturated carbocycles. The van der Waals surface area contributed by atoms with Gasteiger partial charge in [0.25, 0.3) is 0 Å². The molecule has 0 aliphatic rings. The fraction of sp³-hybridized carbons (Fsp3) is 0. The van der Waals surface area contributed by atoms with Gasteiger partial charge in [-0.15, -0.1) is 12.4 Å². The second kappa shape index (κ2) is 8.72. The zero-order valence-electron chi connectivity index (χ0n) is 5.59. The van der Waals surface area contributed by atoms with Gasteiger partial charge in [0.1, 0.15) is 0 Å². The maximum absolute atomic E-state index is 5.54. The van der Waals surface area contributed by atoms with E-state index in [-0.39, 0.29) is 24.7 Å². The Hall–Kier alpha value is -0.280. The van der Waals surface area contributed by atoms with E-state index in [1.807, 2.05) is 30.3 Å². The van der Waals surface area contributed by atoms with Crippen LogP contribution in [-0.2, 0) is 0 Å². The molecule has 0 aromatic heterocycles. The summed E-state index contributed by atoms with van der Waals surface area (Å²) in [6.07, 6.45) is 0. The maximum atomic E-state index is 5.54. The predicted octanol–water partition coefficient (Wildman–Crippen LogP) is 3.09. The summed E-state index contributed by atoms with van der Waals surface area (Å²) in [5, 5.41) is 0.794. The monoisotopic (exact) mass is 182 g/mol. The van der Waals surface area contributed by atoms with Gasteiger partial charge in [0.2, 0.25) is 0 Å². The molecule has 0 aliphatic carbocycles. The largest absolute Gasteiger partial charge is 0.344 e. The van der Waals surface area contributed by atoms with Crippen LogP contribution < -0.4 is 12.3 Å². The van der Waals surface area contributed by atoms with Gasteiger partial charge < -0.3 is 12.3 Å². The van der Waals surface area contributed by atoms with Crippen molar-refractivity contribution in [1.29, 1.82) is 0 Å². The summed E-state index contributed by atoms with van der Waals surface area (Å²) in [5.41, 5.74) is 0. The Morgan fingerprint density at radius 3 is 1.50 bits per heavy atom. The standard InChI is InChI=1S/C6H5Cl.ClH.2H3N/c7-6-4-2-1-3-5-6;;;/h1-5H;1H;2*1H3. The molecule has 1 aromatic rings. The Labute approximate surface area is 72.2 Å². The van der Waals surface area contributed by atoms with E-state index in [0.717, 1.165) is 5.02 Å². The number of hydrogen-bond acceptors (Lipinski definition) is 2. The van der Waals surface area contributed by atoms with Crippen LogP contribution in [0.4, 0.5) is 0 Å². The molecule has 1 rings (SSSR count). The molecule has 0 atom stereocenters. The summed E-state index contributed by atoms with van der Waals surface area (Å²) in [7, 11) is 0. The lowest BCUT2D eigenvalue weighted by molar-refractivity contribution is 1.71. The third-order valence-electron chi connectivity index (χ3n) is 0.733. The highest BCUT2D eigenvalue weighted by molar-refractivity contribution is 6.30. The minimum atomic E-state index is 0. The normalized spacial score (nSPS) is 6.10. The van der Waals surface area contributed by atoms with Crippen LogP contribution in [0.2, 0.25) is 5.02 Å². The van der Waals surface area contributed by atoms with Crippen LogP contribution in [-0.4, -0.2) is 0 Å². The predicted molar refractivity (Wildman–Crippen MR) is 48.7 cm³/mol. The second-order valence-corrected chi connectivity index (χ2v) is 1.73. The first-order valence-electron chi connectivity index (χ1n) is 2.10. The molecule has 2 nitrogen and oxygen atoms in total. The molecule has 10 heavy (non-hydrogen) atoms. The van der Waals surface area contributed by atoms with Crippen molar-refractivity contribution in [3.63, 3.8) is 0 Å². The third kappa shape index (κ3) is 5.85. The first-order valence-corrected chi connectivity index (χ1v) is 2.48. The minimum Gasteiger partial charge on any atom is -0.344 e. The lowest BCUT2D eigenvalue weighted by Gasteiger charge is -1.80. The highest BCUT2D eigenvalue weighted by atomic mass is 35.5. The Bertz CT molecular complexity index is 144. The lowest BCUT2D eigenvalue weighted by atomic mass is 10.4. The molecule has 0 spiro atoms. The molecule has 0 saturated heterocycles. The van der Waals surface area contributed by atoms with Crippen molar-refractivity contribution in [3.8, 4) is 0 Å². The van der Waals surface area contributed by atoms with E-state index >= 15 is 0 Å². The van der Waals surface area contributed by atoms with Crippen LogP contribution in [0, 0.1) is 0 Å². The van der Waals surface area contributed by atoms with Gasteiger partial charge >= 0.3 is 0 Å². The second-order valence-electron chi connectivity index (χ2n) is 1.30. The van der Waals surface area contributed by atoms with Crippen LogP contribution in [0.25, 0.3) is 0 Å². The van der Waals surface area contributed by atoms with Crippen LogP contribution in [0.1, 0.15) is 0 Å². The molecule has 0 fully saturated rings. The molecule has 60 valence electrons. The number of rotatable bonds is 0. The summed E-state index contributed by atoms with van der Waals surface area (Å²) in [6.45, 7) is 0. The van der Waals surface area contributed by atoms with Gasteiger partial charge in [0.05, 0.1) is 0 Å². The smallest absolute Gasteiger partial charge is 0.0405 e. The molecule has 0 radical (unpaired) electrons. The number of halogens is 2. The molecule has 4 heteroatoms. The molecular weight excluding hydrogens is 171 g/mol. The van der Waals surface area contributed by atoms with E-state index in [1.165, 1.54) is 0 Å². The third-order valence-corrected chi connectivity index (χ3v) is 0.985. The van der Waals surface area contributed by atoms with Crippen molar-refractivity contribution in [2.75, 3.05) is 0 Å². The summed E-state index contributed by atoms with van der Waals surface area (Å²) in [5.74, 6) is 0. The van der Waals surface area contributed by atoms with Crippen LogP contribution >= 0.6 is 24.0 Å². The zero-order valence-corrected chi connectivity index (χ0v) is 7.16. The topological polar surface area (TPSA) is 70.0 Å². The average Bonchev–Trinajstić information content (AvgIpc) is 1.69. The Kier molecular flexibility index (Phi) is 14.3. The highest BCUT2D eigenvalue weighted by Gasteiger charge is 1.74. The Balaban J connectivity index is -0.000000163. The summed E-state index contributed by atoms with van der Waals surface area (Å²) >= 11 is 5.54. The van der Waals surface area contributed by atoms with Gasteiger partial charge in [0.15, 0.2) is 0 Å². The van der Waals surface area contributed by atoms with E-state index in [1.54, 1.807) is 0 Å². The Morgan fingerprint density at radius 1 is 0.900 bits per heavy atom. The van der Waals surface area contributed by atoms with Crippen molar-refractivity contribution in [2.24, 2.45) is 0 Å². The molecule has 6 N–H and O–H groups in total. The molecule has 1 aromatic carbocycles. The molecule has 0 heterocycles. The molecule has 0 unspecified atom stereocenters. The molecule has 0 bridgehead atoms. The molecule has 0 aliphatic heterocycles. The van der Waals surface area contributed by atoms with E-state index in [4.69, 9.17) is 11.6 Å². The quantitative estimate of drug-likeness (QED) is 0.648. The fourth-order valence-electron chi connectivity index (χ4n) is 0.415. The van der Waals surface area contributed by atoms with Crippen molar-refractivity contribution in [2.45, 2.75) is 0 Å². The highest BCUT2D eigenvalue weighted by Crippen LogP contribution is 2.03. The number of benzene rings is 1. The van der Waals surface area contributed by atoms with Gasteiger partial charge in [-0.05, 0) is 12.1 Å². The average molecular weight is 183 g/mol. The van der Waals surface area contributed by atoms with Crippen molar-refractivity contribution in [3.05, 3.63) is 35.4 Å². The van der Waals surface area contributed by atoms with Crippen molar-refractivity contribution in [1.82, 2.24) is 12.3 Å². The minimum absolute atomic E-state index is 0. The van der Waals surface area contributed by atoms with E-state index < -0.39 is 0 Å². The van der Waals surface area contributed by atoms with E-state index in [2.05, 4.69) is 0 Å². The summed E-state index contributed by atoms with van der Waals surface area (Å²) in [6, 6.07) is 9.44. The SMILES string of the molecule is Cl.Clc1ccccc1.N.N. The van der Waals surface area contributed by atoms with Crippen LogP contribution in [0.15, 0.2) is 30.3 Å². The van der Waals surface area contributed by atoms with Gasteiger partial charge in [0, 0.05) is 5.02 Å². The number of hydrogen-bond donors (Lipinski definition) is 2. The van der Waals surface area contributed by atoms with Gasteiger partial charge in [-0.2, -0.15) is 0 Å². The van der Waals surface area contributed by atoms with Gasteiger partial charge in [-0.3, -0.25) is 0 Å². The van der Waals surface area contributed by atoms with Crippen LogP contribution in [0.5, 0.6) is 0 Å². The Morgan fingerprint density at radius 2 is 1.30 bits per heavy atom. The van der Waals surface area contributed by atoms with Crippen molar-refractivity contribution >= 4 is 24.0 Å². The zero-order chi connectivity index (χ0) is 5.11. The summed E-state index contributed by atoms with van der Waals surface area (Å²) in [4.78, 5) is 0. The first-order chi connectivity index (χ1) is 3.39. The van der Waals surface area contributed by atoms with Gasteiger partial charge in [-0.25, -0.2) is 0 Å². The molecular formula is C6H12Cl2N2. The van der Waals surface area contributed by atoms with Gasteiger partial charge in [-0.1, -0.05) is 29.8 Å². The van der Waals surface area contributed by atoms with E-state index in [9.17, 15) is 0 Å². The van der Waals surface area contributed by atoms with Crippen LogP contribution in [0.3, 0.4) is 0 Å². The fourth-order valence-corrected chi connectivity index (χ4v) is 0.560. The first kappa shape index (κ1) is 16.4. The van der Waals surface area contributed by atoms with E-state index in [0.29, 0.717) is 0 Å².